The SMILES string of the molecule is CCC(CC(=O)O)NS(=O)(=O)c1cc(Cl)ccc1C#N. The molecule has 20 heavy (non-hydrogen) atoms. The number of aliphatic carboxylic acids is 1. The van der Waals surface area contributed by atoms with Crippen molar-refractivity contribution < 1.29 is 18.3 Å². The van der Waals surface area contributed by atoms with Crippen LogP contribution in [-0.4, -0.2) is 25.5 Å². The number of hydrogen-bond donors (Lipinski definition) is 2. The van der Waals surface area contributed by atoms with Gasteiger partial charge in [-0.05, 0) is 24.6 Å². The van der Waals surface area contributed by atoms with Gasteiger partial charge in [0.1, 0.15) is 11.0 Å². The van der Waals surface area contributed by atoms with Gasteiger partial charge in [0.05, 0.1) is 12.0 Å². The molecule has 6 nitrogen and oxygen atoms in total. The summed E-state index contributed by atoms with van der Waals surface area (Å²) in [5, 5.41) is 17.8. The summed E-state index contributed by atoms with van der Waals surface area (Å²) >= 11 is 5.74. The lowest BCUT2D eigenvalue weighted by molar-refractivity contribution is -0.137. The van der Waals surface area contributed by atoms with Crippen LogP contribution >= 0.6 is 11.6 Å². The van der Waals surface area contributed by atoms with E-state index in [4.69, 9.17) is 22.0 Å². The van der Waals surface area contributed by atoms with Crippen molar-refractivity contribution in [2.75, 3.05) is 0 Å². The van der Waals surface area contributed by atoms with Crippen molar-refractivity contribution >= 4 is 27.6 Å². The van der Waals surface area contributed by atoms with Gasteiger partial charge in [-0.2, -0.15) is 5.26 Å². The maximum atomic E-state index is 12.2. The van der Waals surface area contributed by atoms with Crippen LogP contribution < -0.4 is 4.72 Å². The normalized spacial score (nSPS) is 12.7. The molecule has 0 radical (unpaired) electrons. The van der Waals surface area contributed by atoms with Crippen molar-refractivity contribution in [3.63, 3.8) is 0 Å². The molecule has 8 heteroatoms. The minimum Gasteiger partial charge on any atom is -0.481 e. The average molecular weight is 317 g/mol. The van der Waals surface area contributed by atoms with Gasteiger partial charge in [-0.1, -0.05) is 18.5 Å². The molecule has 0 amide bonds. The minimum atomic E-state index is -4.00. The van der Waals surface area contributed by atoms with Gasteiger partial charge in [-0.25, -0.2) is 13.1 Å². The molecule has 1 rings (SSSR count). The molecule has 1 atom stereocenters. The van der Waals surface area contributed by atoms with Gasteiger partial charge < -0.3 is 5.11 Å². The van der Waals surface area contributed by atoms with Gasteiger partial charge in [-0.15, -0.1) is 0 Å². The van der Waals surface area contributed by atoms with Crippen LogP contribution in [0.25, 0.3) is 0 Å². The fourth-order valence-electron chi connectivity index (χ4n) is 1.57. The fourth-order valence-corrected chi connectivity index (χ4v) is 3.31. The van der Waals surface area contributed by atoms with Crippen molar-refractivity contribution in [2.45, 2.75) is 30.7 Å². The lowest BCUT2D eigenvalue weighted by Crippen LogP contribution is -2.36. The number of nitrogens with zero attached hydrogens (tertiary/aromatic N) is 1. The Balaban J connectivity index is 3.14. The first-order valence-corrected chi connectivity index (χ1v) is 7.60. The number of carboxylic acid groups (broad SMARTS) is 1. The summed E-state index contributed by atoms with van der Waals surface area (Å²) in [5.41, 5.74) is -0.0490. The van der Waals surface area contributed by atoms with Gasteiger partial charge in [0.15, 0.2) is 0 Å². The largest absolute Gasteiger partial charge is 0.481 e. The second-order valence-corrected chi connectivity index (χ2v) is 6.20. The molecule has 0 aliphatic rings. The Morgan fingerprint density at radius 1 is 1.55 bits per heavy atom. The van der Waals surface area contributed by atoms with E-state index in [0.717, 1.165) is 6.07 Å². The zero-order valence-electron chi connectivity index (χ0n) is 10.6. The molecule has 0 aliphatic carbocycles. The summed E-state index contributed by atoms with van der Waals surface area (Å²) in [4.78, 5) is 10.4. The number of rotatable bonds is 6. The van der Waals surface area contributed by atoms with E-state index in [1.54, 1.807) is 13.0 Å². The summed E-state index contributed by atoms with van der Waals surface area (Å²) in [5.74, 6) is -1.11. The third-order valence-electron chi connectivity index (χ3n) is 2.59. The van der Waals surface area contributed by atoms with E-state index in [2.05, 4.69) is 4.72 Å². The zero-order valence-corrected chi connectivity index (χ0v) is 12.2. The van der Waals surface area contributed by atoms with E-state index in [-0.39, 0.29) is 21.9 Å². The Morgan fingerprint density at radius 3 is 2.70 bits per heavy atom. The highest BCUT2D eigenvalue weighted by Crippen LogP contribution is 2.21. The highest BCUT2D eigenvalue weighted by molar-refractivity contribution is 7.89. The Morgan fingerprint density at radius 2 is 2.20 bits per heavy atom. The summed E-state index contributed by atoms with van der Waals surface area (Å²) in [7, 11) is -4.00. The lowest BCUT2D eigenvalue weighted by atomic mass is 10.2. The Kier molecular flexibility index (Phi) is 5.51. The monoisotopic (exact) mass is 316 g/mol. The summed E-state index contributed by atoms with van der Waals surface area (Å²) in [6.45, 7) is 1.67. The smallest absolute Gasteiger partial charge is 0.304 e. The predicted octanol–water partition coefficient (Wildman–Crippen LogP) is 1.74. The molecule has 0 fully saturated rings. The third-order valence-corrected chi connectivity index (χ3v) is 4.38. The Bertz CT molecular complexity index is 652. The third kappa shape index (κ3) is 4.20. The van der Waals surface area contributed by atoms with Crippen LogP contribution in [-0.2, 0) is 14.8 Å². The number of sulfonamides is 1. The van der Waals surface area contributed by atoms with Gasteiger partial charge in [0.25, 0.3) is 0 Å². The summed E-state index contributed by atoms with van der Waals surface area (Å²) in [6, 6.07) is 4.89. The topological polar surface area (TPSA) is 107 Å². The van der Waals surface area contributed by atoms with Crippen molar-refractivity contribution in [1.29, 1.82) is 5.26 Å². The van der Waals surface area contributed by atoms with E-state index in [0.29, 0.717) is 6.42 Å². The van der Waals surface area contributed by atoms with Crippen molar-refractivity contribution in [2.24, 2.45) is 0 Å². The maximum Gasteiger partial charge on any atom is 0.304 e. The highest BCUT2D eigenvalue weighted by atomic mass is 35.5. The molecular formula is C12H13ClN2O4S. The van der Waals surface area contributed by atoms with Crippen LogP contribution in [0.1, 0.15) is 25.3 Å². The van der Waals surface area contributed by atoms with Crippen LogP contribution in [0.4, 0.5) is 0 Å². The molecule has 1 unspecified atom stereocenters. The summed E-state index contributed by atoms with van der Waals surface area (Å²) in [6.07, 6.45) is -0.0217. The molecule has 0 saturated heterocycles. The van der Waals surface area contributed by atoms with E-state index in [9.17, 15) is 13.2 Å². The number of carboxylic acids is 1. The molecule has 108 valence electrons. The second kappa shape index (κ2) is 6.70. The molecule has 0 bridgehead atoms. The van der Waals surface area contributed by atoms with Crippen LogP contribution in [0.15, 0.2) is 23.1 Å². The van der Waals surface area contributed by atoms with E-state index in [1.807, 2.05) is 0 Å². The zero-order chi connectivity index (χ0) is 15.3. The first-order valence-electron chi connectivity index (χ1n) is 5.74. The quantitative estimate of drug-likeness (QED) is 0.831. The van der Waals surface area contributed by atoms with E-state index >= 15 is 0 Å². The number of halogens is 1. The number of benzene rings is 1. The number of carbonyl (C=O) groups is 1. The molecular weight excluding hydrogens is 304 g/mol. The van der Waals surface area contributed by atoms with Crippen molar-refractivity contribution in [3.05, 3.63) is 28.8 Å². The lowest BCUT2D eigenvalue weighted by Gasteiger charge is -2.15. The van der Waals surface area contributed by atoms with E-state index < -0.39 is 22.0 Å². The number of nitrogens with one attached hydrogen (secondary N) is 1. The Hall–Kier alpha value is -1.62. The molecule has 0 aromatic heterocycles. The van der Waals surface area contributed by atoms with Gasteiger partial charge in [-0.3, -0.25) is 4.79 Å². The molecule has 0 aliphatic heterocycles. The second-order valence-electron chi connectivity index (χ2n) is 4.08. The first-order chi connectivity index (χ1) is 9.30. The van der Waals surface area contributed by atoms with Crippen molar-refractivity contribution in [1.82, 2.24) is 4.72 Å². The number of hydrogen-bond acceptors (Lipinski definition) is 4. The highest BCUT2D eigenvalue weighted by Gasteiger charge is 2.23. The van der Waals surface area contributed by atoms with Crippen LogP contribution in [0.5, 0.6) is 0 Å². The van der Waals surface area contributed by atoms with E-state index in [1.165, 1.54) is 12.1 Å². The molecule has 1 aromatic carbocycles. The Labute approximate surface area is 122 Å². The number of nitriles is 1. The maximum absolute atomic E-state index is 12.2. The molecule has 0 saturated carbocycles. The standard InChI is InChI=1S/C12H13ClN2O4S/c1-2-10(6-12(16)17)15-20(18,19)11-5-9(13)4-3-8(11)7-14/h3-5,10,15H,2,6H2,1H3,(H,16,17). The molecule has 0 heterocycles. The predicted molar refractivity (Wildman–Crippen MR) is 72.8 cm³/mol. The fraction of sp³-hybridized carbons (Fsp3) is 0.333. The van der Waals surface area contributed by atoms with Gasteiger partial charge in [0.2, 0.25) is 10.0 Å². The molecule has 1 aromatic rings. The molecule has 0 spiro atoms. The summed E-state index contributed by atoms with van der Waals surface area (Å²) < 4.78 is 26.7. The average Bonchev–Trinajstić information content (AvgIpc) is 2.37. The van der Waals surface area contributed by atoms with Crippen molar-refractivity contribution in [3.8, 4) is 6.07 Å². The van der Waals surface area contributed by atoms with Crippen LogP contribution in [0.3, 0.4) is 0 Å². The van der Waals surface area contributed by atoms with Gasteiger partial charge >= 0.3 is 5.97 Å². The van der Waals surface area contributed by atoms with Crippen LogP contribution in [0, 0.1) is 11.3 Å². The van der Waals surface area contributed by atoms with Gasteiger partial charge in [0, 0.05) is 11.1 Å². The molecule has 2 N–H and O–H groups in total. The minimum absolute atomic E-state index is 0.0490. The van der Waals surface area contributed by atoms with Crippen LogP contribution in [0.2, 0.25) is 5.02 Å². The first kappa shape index (κ1) is 16.4.